The van der Waals surface area contributed by atoms with E-state index in [0.29, 0.717) is 32.7 Å². The van der Waals surface area contributed by atoms with E-state index in [0.717, 1.165) is 43.5 Å². The molecule has 1 aliphatic rings. The van der Waals surface area contributed by atoms with E-state index in [1.54, 1.807) is 47.1 Å². The first-order chi connectivity index (χ1) is 19.3. The highest BCUT2D eigenvalue weighted by Gasteiger charge is 2.26. The van der Waals surface area contributed by atoms with Crippen LogP contribution in [0.25, 0.3) is 16.9 Å². The number of para-hydroxylation sites is 1. The number of hydrogen-bond donors (Lipinski definition) is 2. The third-order valence-corrected chi connectivity index (χ3v) is 7.37. The zero-order chi connectivity index (χ0) is 28.2. The second-order valence-corrected chi connectivity index (χ2v) is 10.4. The number of amides is 1. The Morgan fingerprint density at radius 2 is 1.73 bits per heavy atom. The molecule has 1 saturated heterocycles. The molecule has 206 valence electrons. The topological polar surface area (TPSA) is 96.7 Å². The minimum Gasteiger partial charge on any atom is -0.488 e. The highest BCUT2D eigenvalue weighted by atomic mass is 35.5. The molecule has 0 spiro atoms. The van der Waals surface area contributed by atoms with Crippen LogP contribution in [-0.2, 0) is 6.61 Å². The smallest absolute Gasteiger partial charge is 0.335 e. The van der Waals surface area contributed by atoms with Gasteiger partial charge in [-0.3, -0.25) is 10.2 Å². The lowest BCUT2D eigenvalue weighted by molar-refractivity contribution is 0.0695. The van der Waals surface area contributed by atoms with Gasteiger partial charge >= 0.3 is 5.97 Å². The summed E-state index contributed by atoms with van der Waals surface area (Å²) >= 11 is 12.8. The second kappa shape index (κ2) is 12.1. The molecule has 1 aliphatic heterocycles. The summed E-state index contributed by atoms with van der Waals surface area (Å²) in [6.07, 6.45) is 3.21. The van der Waals surface area contributed by atoms with Crippen LogP contribution in [0.4, 0.5) is 0 Å². The first kappa shape index (κ1) is 27.7. The van der Waals surface area contributed by atoms with Crippen LogP contribution < -0.4 is 10.2 Å². The van der Waals surface area contributed by atoms with E-state index >= 15 is 0 Å². The quantitative estimate of drug-likeness (QED) is 0.245. The summed E-state index contributed by atoms with van der Waals surface area (Å²) in [4.78, 5) is 24.6. The number of aromatic carboxylic acids is 1. The van der Waals surface area contributed by atoms with E-state index in [4.69, 9.17) is 33.0 Å². The lowest BCUT2D eigenvalue weighted by Crippen LogP contribution is -2.45. The molecule has 1 aromatic heterocycles. The number of ether oxygens (including phenoxy) is 1. The SMILES string of the molecule is Cc1c(C(=O)NN2CCCCC2)nn(-c2ccc(Cl)cc2Cl)c1-c1ccccc1OCc1ccc(C(=O)O)cc1. The first-order valence-corrected chi connectivity index (χ1v) is 13.7. The number of carboxylic acids is 1. The van der Waals surface area contributed by atoms with Crippen LogP contribution in [0.3, 0.4) is 0 Å². The normalized spacial score (nSPS) is 13.7. The number of halogens is 2. The molecule has 0 saturated carbocycles. The summed E-state index contributed by atoms with van der Waals surface area (Å²) in [7, 11) is 0. The zero-order valence-corrected chi connectivity index (χ0v) is 23.4. The molecule has 4 aromatic rings. The van der Waals surface area contributed by atoms with Crippen LogP contribution in [0.5, 0.6) is 5.75 Å². The van der Waals surface area contributed by atoms with Crippen molar-refractivity contribution in [3.8, 4) is 22.7 Å². The number of carbonyl (C=O) groups is 2. The Balaban J connectivity index is 1.54. The Kier molecular flexibility index (Phi) is 8.40. The van der Waals surface area contributed by atoms with E-state index in [2.05, 4.69) is 5.43 Å². The van der Waals surface area contributed by atoms with Crippen molar-refractivity contribution < 1.29 is 19.4 Å². The minimum atomic E-state index is -0.984. The Morgan fingerprint density at radius 1 is 1.00 bits per heavy atom. The van der Waals surface area contributed by atoms with E-state index in [-0.39, 0.29) is 23.8 Å². The van der Waals surface area contributed by atoms with Crippen LogP contribution in [0.15, 0.2) is 66.7 Å². The maximum absolute atomic E-state index is 13.4. The molecule has 2 N–H and O–H groups in total. The Morgan fingerprint density at radius 3 is 2.42 bits per heavy atom. The van der Waals surface area contributed by atoms with Crippen LogP contribution in [0.1, 0.15) is 51.2 Å². The molecule has 0 radical (unpaired) electrons. The van der Waals surface area contributed by atoms with Gasteiger partial charge in [-0.05, 0) is 67.8 Å². The van der Waals surface area contributed by atoms with Gasteiger partial charge in [0, 0.05) is 29.2 Å². The molecule has 10 heteroatoms. The van der Waals surface area contributed by atoms with Crippen molar-refractivity contribution in [1.29, 1.82) is 0 Å². The van der Waals surface area contributed by atoms with Gasteiger partial charge in [0.05, 0.1) is 22.0 Å². The number of nitrogens with one attached hydrogen (secondary N) is 1. The molecular weight excluding hydrogens is 551 g/mol. The molecule has 0 atom stereocenters. The Bertz CT molecular complexity index is 1550. The maximum Gasteiger partial charge on any atom is 0.335 e. The number of rotatable bonds is 8. The summed E-state index contributed by atoms with van der Waals surface area (Å²) in [5.74, 6) is -0.703. The summed E-state index contributed by atoms with van der Waals surface area (Å²) in [6.45, 7) is 3.67. The number of hydrogen-bond acceptors (Lipinski definition) is 5. The molecule has 2 heterocycles. The molecule has 3 aromatic carbocycles. The molecule has 5 rings (SSSR count). The van der Waals surface area contributed by atoms with Gasteiger partial charge < -0.3 is 9.84 Å². The minimum absolute atomic E-state index is 0.207. The summed E-state index contributed by atoms with van der Waals surface area (Å²) in [5, 5.41) is 16.7. The van der Waals surface area contributed by atoms with Crippen molar-refractivity contribution in [1.82, 2.24) is 20.2 Å². The van der Waals surface area contributed by atoms with Crippen molar-refractivity contribution in [3.05, 3.63) is 99.2 Å². The number of hydrazine groups is 1. The summed E-state index contributed by atoms with van der Waals surface area (Å²) in [5.41, 5.74) is 6.93. The van der Waals surface area contributed by atoms with E-state index in [9.17, 15) is 14.7 Å². The number of carbonyl (C=O) groups excluding carboxylic acids is 1. The van der Waals surface area contributed by atoms with Gasteiger partial charge in [0.2, 0.25) is 0 Å². The summed E-state index contributed by atoms with van der Waals surface area (Å²) < 4.78 is 7.87. The third-order valence-electron chi connectivity index (χ3n) is 6.83. The van der Waals surface area contributed by atoms with Gasteiger partial charge in [-0.1, -0.05) is 53.9 Å². The molecule has 0 bridgehead atoms. The predicted molar refractivity (Wildman–Crippen MR) is 154 cm³/mol. The van der Waals surface area contributed by atoms with Crippen molar-refractivity contribution >= 4 is 35.1 Å². The van der Waals surface area contributed by atoms with E-state index in [1.807, 2.05) is 36.2 Å². The van der Waals surface area contributed by atoms with Crippen molar-refractivity contribution in [2.45, 2.75) is 32.8 Å². The zero-order valence-electron chi connectivity index (χ0n) is 21.9. The van der Waals surface area contributed by atoms with Crippen LogP contribution in [0.2, 0.25) is 10.0 Å². The van der Waals surface area contributed by atoms with E-state index in [1.165, 1.54) is 0 Å². The molecule has 0 aliphatic carbocycles. The predicted octanol–water partition coefficient (Wildman–Crippen LogP) is 6.56. The fourth-order valence-corrected chi connectivity index (χ4v) is 5.24. The number of piperidine rings is 1. The molecule has 40 heavy (non-hydrogen) atoms. The van der Waals surface area contributed by atoms with Crippen LogP contribution in [0, 0.1) is 6.92 Å². The van der Waals surface area contributed by atoms with Crippen LogP contribution >= 0.6 is 23.2 Å². The first-order valence-electron chi connectivity index (χ1n) is 13.0. The summed E-state index contributed by atoms with van der Waals surface area (Å²) in [6, 6.07) is 19.1. The highest BCUT2D eigenvalue weighted by Crippen LogP contribution is 2.37. The van der Waals surface area contributed by atoms with Crippen LogP contribution in [-0.4, -0.2) is 44.9 Å². The molecule has 1 fully saturated rings. The molecule has 0 unspecified atom stereocenters. The standard InChI is InChI=1S/C30H28Cl2N4O4/c1-19-27(29(37)34-35-15-5-2-6-16-35)33-36(25-14-13-22(31)17-24(25)32)28(19)23-7-3-4-8-26(23)40-18-20-9-11-21(12-10-20)30(38)39/h3-4,7-14,17H,2,5-6,15-16,18H2,1H3,(H,34,37)(H,38,39). The highest BCUT2D eigenvalue weighted by molar-refractivity contribution is 6.35. The fourth-order valence-electron chi connectivity index (χ4n) is 4.75. The monoisotopic (exact) mass is 578 g/mol. The Hall–Kier alpha value is -3.85. The van der Waals surface area contributed by atoms with E-state index < -0.39 is 5.97 Å². The maximum atomic E-state index is 13.4. The average molecular weight is 579 g/mol. The van der Waals surface area contributed by atoms with Gasteiger partial charge in [0.1, 0.15) is 12.4 Å². The van der Waals surface area contributed by atoms with Gasteiger partial charge in [-0.2, -0.15) is 5.10 Å². The third kappa shape index (κ3) is 5.99. The fraction of sp³-hybridized carbons (Fsp3) is 0.233. The lowest BCUT2D eigenvalue weighted by atomic mass is 10.0. The molecular formula is C30H28Cl2N4O4. The second-order valence-electron chi connectivity index (χ2n) is 9.61. The number of nitrogens with zero attached hydrogens (tertiary/aromatic N) is 3. The lowest BCUT2D eigenvalue weighted by Gasteiger charge is -2.26. The number of aromatic nitrogens is 2. The number of benzene rings is 3. The molecule has 8 nitrogen and oxygen atoms in total. The molecule has 1 amide bonds. The van der Waals surface area contributed by atoms with Crippen molar-refractivity contribution in [3.63, 3.8) is 0 Å². The van der Waals surface area contributed by atoms with Gasteiger partial charge in [-0.25, -0.2) is 14.5 Å². The largest absolute Gasteiger partial charge is 0.488 e. The Labute approximate surface area is 242 Å². The number of carboxylic acid groups (broad SMARTS) is 1. The van der Waals surface area contributed by atoms with Crippen molar-refractivity contribution in [2.24, 2.45) is 0 Å². The van der Waals surface area contributed by atoms with Gasteiger partial charge in [-0.15, -0.1) is 0 Å². The van der Waals surface area contributed by atoms with Crippen molar-refractivity contribution in [2.75, 3.05) is 13.1 Å². The van der Waals surface area contributed by atoms with Gasteiger partial charge in [0.15, 0.2) is 5.69 Å². The van der Waals surface area contributed by atoms with Gasteiger partial charge in [0.25, 0.3) is 5.91 Å². The average Bonchev–Trinajstić information content (AvgIpc) is 3.29.